The first-order valence-corrected chi connectivity index (χ1v) is 6.06. The highest BCUT2D eigenvalue weighted by atomic mass is 15.3. The summed E-state index contributed by atoms with van der Waals surface area (Å²) in [6, 6.07) is 4.97. The minimum atomic E-state index is -0.311. The van der Waals surface area contributed by atoms with Crippen molar-refractivity contribution in [2.24, 2.45) is 5.41 Å². The average Bonchev–Trinajstić information content (AvgIpc) is 2.86. The van der Waals surface area contributed by atoms with Crippen LogP contribution in [0.25, 0.3) is 0 Å². The summed E-state index contributed by atoms with van der Waals surface area (Å²) in [5, 5.41) is 13.6. The maximum Gasteiger partial charge on any atom is 0.0688 e. The van der Waals surface area contributed by atoms with Gasteiger partial charge in [0.05, 0.1) is 23.2 Å². The van der Waals surface area contributed by atoms with Crippen LogP contribution in [0.5, 0.6) is 0 Å². The van der Waals surface area contributed by atoms with E-state index in [2.05, 4.69) is 28.1 Å². The molecule has 2 rings (SSSR count). The normalized spacial score (nSPS) is 17.6. The van der Waals surface area contributed by atoms with Gasteiger partial charge in [0.25, 0.3) is 0 Å². The molecule has 0 aliphatic heterocycles. The average molecular weight is 217 g/mol. The quantitative estimate of drug-likeness (QED) is 0.780. The Labute approximate surface area is 97.1 Å². The summed E-state index contributed by atoms with van der Waals surface area (Å²) in [6.07, 6.45) is 7.96. The smallest absolute Gasteiger partial charge is 0.0688 e. The molecule has 1 fully saturated rings. The maximum absolute atomic E-state index is 8.99. The van der Waals surface area contributed by atoms with Gasteiger partial charge in [-0.3, -0.25) is 4.68 Å². The maximum atomic E-state index is 8.99. The Morgan fingerprint density at radius 2 is 2.19 bits per heavy atom. The van der Waals surface area contributed by atoms with E-state index in [0.717, 1.165) is 12.1 Å². The van der Waals surface area contributed by atoms with Crippen molar-refractivity contribution < 1.29 is 0 Å². The number of nitrogens with zero attached hydrogens (tertiary/aromatic N) is 3. The summed E-state index contributed by atoms with van der Waals surface area (Å²) in [5.74, 6) is 0. The molecule has 0 radical (unpaired) electrons. The van der Waals surface area contributed by atoms with Crippen molar-refractivity contribution >= 4 is 0 Å². The molecule has 0 aromatic carbocycles. The second-order valence-corrected chi connectivity index (χ2v) is 5.40. The lowest BCUT2D eigenvalue weighted by molar-refractivity contribution is 0.445. The lowest BCUT2D eigenvalue weighted by Crippen LogP contribution is -2.13. The van der Waals surface area contributed by atoms with E-state index in [9.17, 15) is 0 Å². The molecular weight excluding hydrogens is 198 g/mol. The highest BCUT2D eigenvalue weighted by molar-refractivity contribution is 5.07. The molecule has 1 aliphatic carbocycles. The van der Waals surface area contributed by atoms with Crippen LogP contribution in [0.4, 0.5) is 0 Å². The van der Waals surface area contributed by atoms with E-state index in [1.807, 2.05) is 13.8 Å². The monoisotopic (exact) mass is 217 g/mol. The molecule has 0 unspecified atom stereocenters. The molecule has 0 bridgehead atoms. The van der Waals surface area contributed by atoms with Crippen LogP contribution in [0.2, 0.25) is 0 Å². The molecule has 1 saturated carbocycles. The molecule has 0 saturated heterocycles. The molecule has 0 amide bonds. The van der Waals surface area contributed by atoms with E-state index < -0.39 is 0 Å². The van der Waals surface area contributed by atoms with Crippen molar-refractivity contribution in [3.05, 3.63) is 18.0 Å². The zero-order valence-corrected chi connectivity index (χ0v) is 10.1. The van der Waals surface area contributed by atoms with Gasteiger partial charge in [-0.25, -0.2) is 0 Å². The zero-order valence-electron chi connectivity index (χ0n) is 10.1. The second-order valence-electron chi connectivity index (χ2n) is 5.40. The first-order chi connectivity index (χ1) is 7.61. The third kappa shape index (κ3) is 2.44. The first kappa shape index (κ1) is 11.2. The molecule has 1 heterocycles. The molecule has 1 aromatic rings. The Morgan fingerprint density at radius 1 is 1.50 bits per heavy atom. The Balaban J connectivity index is 2.05. The third-order valence-electron chi connectivity index (χ3n) is 3.29. The van der Waals surface area contributed by atoms with Crippen molar-refractivity contribution in [1.29, 1.82) is 5.26 Å². The Kier molecular flexibility index (Phi) is 3.00. The summed E-state index contributed by atoms with van der Waals surface area (Å²) >= 11 is 0. The van der Waals surface area contributed by atoms with Crippen LogP contribution in [0.15, 0.2) is 12.3 Å². The van der Waals surface area contributed by atoms with Crippen molar-refractivity contribution in [1.82, 2.24) is 9.78 Å². The van der Waals surface area contributed by atoms with Gasteiger partial charge in [0.15, 0.2) is 0 Å². The lowest BCUT2D eigenvalue weighted by atomic mass is 9.90. The van der Waals surface area contributed by atoms with Crippen molar-refractivity contribution in [2.45, 2.75) is 52.0 Å². The van der Waals surface area contributed by atoms with Crippen LogP contribution in [0.1, 0.15) is 51.3 Å². The van der Waals surface area contributed by atoms with Gasteiger partial charge in [-0.2, -0.15) is 10.4 Å². The standard InChI is InChI=1S/C13H19N3/c1-13(2,10-14)9-11-7-8-16(15-11)12-5-3-4-6-12/h7-8,12H,3-6,9H2,1-2H3. The van der Waals surface area contributed by atoms with Gasteiger partial charge in [-0.15, -0.1) is 0 Å². The largest absolute Gasteiger partial charge is 0.269 e. The van der Waals surface area contributed by atoms with Crippen LogP contribution in [-0.4, -0.2) is 9.78 Å². The van der Waals surface area contributed by atoms with Gasteiger partial charge < -0.3 is 0 Å². The molecule has 1 aromatic heterocycles. The summed E-state index contributed by atoms with van der Waals surface area (Å²) in [7, 11) is 0. The fraction of sp³-hybridized carbons (Fsp3) is 0.692. The molecule has 0 atom stereocenters. The number of nitriles is 1. The summed E-state index contributed by atoms with van der Waals surface area (Å²) in [6.45, 7) is 3.92. The third-order valence-corrected chi connectivity index (χ3v) is 3.29. The zero-order chi connectivity index (χ0) is 11.6. The van der Waals surface area contributed by atoms with E-state index in [1.54, 1.807) is 0 Å². The minimum absolute atomic E-state index is 0.311. The Bertz CT molecular complexity index is 392. The van der Waals surface area contributed by atoms with E-state index in [1.165, 1.54) is 25.7 Å². The van der Waals surface area contributed by atoms with Gasteiger partial charge in [0.1, 0.15) is 0 Å². The molecular formula is C13H19N3. The van der Waals surface area contributed by atoms with Crippen molar-refractivity contribution in [3.63, 3.8) is 0 Å². The fourth-order valence-corrected chi connectivity index (χ4v) is 2.34. The molecule has 1 aliphatic rings. The topological polar surface area (TPSA) is 41.6 Å². The lowest BCUT2D eigenvalue weighted by Gasteiger charge is -2.13. The molecule has 0 N–H and O–H groups in total. The van der Waals surface area contributed by atoms with E-state index in [0.29, 0.717) is 6.04 Å². The molecule has 3 nitrogen and oxygen atoms in total. The van der Waals surface area contributed by atoms with Crippen LogP contribution < -0.4 is 0 Å². The van der Waals surface area contributed by atoms with Gasteiger partial charge in [-0.1, -0.05) is 12.8 Å². The predicted molar refractivity (Wildman–Crippen MR) is 62.8 cm³/mol. The molecule has 86 valence electrons. The number of hydrogen-bond acceptors (Lipinski definition) is 2. The fourth-order valence-electron chi connectivity index (χ4n) is 2.34. The minimum Gasteiger partial charge on any atom is -0.269 e. The predicted octanol–water partition coefficient (Wildman–Crippen LogP) is 3.09. The van der Waals surface area contributed by atoms with E-state index >= 15 is 0 Å². The van der Waals surface area contributed by atoms with E-state index in [4.69, 9.17) is 5.26 Å². The second kappa shape index (κ2) is 4.29. The number of aromatic nitrogens is 2. The SMILES string of the molecule is CC(C)(C#N)Cc1ccn(C2CCCC2)n1. The molecule has 0 spiro atoms. The highest BCUT2D eigenvalue weighted by Gasteiger charge is 2.21. The number of hydrogen-bond donors (Lipinski definition) is 0. The van der Waals surface area contributed by atoms with Crippen LogP contribution in [-0.2, 0) is 6.42 Å². The number of rotatable bonds is 3. The summed E-state index contributed by atoms with van der Waals surface area (Å²) in [5.41, 5.74) is 0.730. The van der Waals surface area contributed by atoms with Crippen molar-refractivity contribution in [3.8, 4) is 6.07 Å². The van der Waals surface area contributed by atoms with Gasteiger partial charge >= 0.3 is 0 Å². The van der Waals surface area contributed by atoms with Crippen LogP contribution in [0, 0.1) is 16.7 Å². The van der Waals surface area contributed by atoms with Crippen LogP contribution in [0.3, 0.4) is 0 Å². The molecule has 16 heavy (non-hydrogen) atoms. The Hall–Kier alpha value is -1.30. The molecule has 3 heteroatoms. The van der Waals surface area contributed by atoms with Gasteiger partial charge in [-0.05, 0) is 32.8 Å². The van der Waals surface area contributed by atoms with Crippen molar-refractivity contribution in [2.75, 3.05) is 0 Å². The summed E-state index contributed by atoms with van der Waals surface area (Å²) < 4.78 is 2.09. The van der Waals surface area contributed by atoms with Gasteiger partial charge in [0, 0.05) is 12.6 Å². The van der Waals surface area contributed by atoms with Gasteiger partial charge in [0.2, 0.25) is 0 Å². The first-order valence-electron chi connectivity index (χ1n) is 6.06. The highest BCUT2D eigenvalue weighted by Crippen LogP contribution is 2.29. The Morgan fingerprint density at radius 3 is 2.81 bits per heavy atom. The van der Waals surface area contributed by atoms with Crippen LogP contribution >= 0.6 is 0 Å². The van der Waals surface area contributed by atoms with E-state index in [-0.39, 0.29) is 5.41 Å². The summed E-state index contributed by atoms with van der Waals surface area (Å²) in [4.78, 5) is 0.